The molecule has 0 N–H and O–H groups in total. The van der Waals surface area contributed by atoms with Crippen LogP contribution in [0.4, 0.5) is 5.69 Å². The van der Waals surface area contributed by atoms with E-state index in [0.717, 1.165) is 18.7 Å². The number of hydrogen-bond donors (Lipinski definition) is 0. The van der Waals surface area contributed by atoms with Gasteiger partial charge in [0, 0.05) is 18.7 Å². The van der Waals surface area contributed by atoms with Gasteiger partial charge in [0.15, 0.2) is 0 Å². The first kappa shape index (κ1) is 8.36. The van der Waals surface area contributed by atoms with Crippen molar-refractivity contribution >= 4 is 24.9 Å². The molecule has 0 radical (unpaired) electrons. The van der Waals surface area contributed by atoms with E-state index in [2.05, 4.69) is 7.85 Å². The van der Waals surface area contributed by atoms with Crippen molar-refractivity contribution in [3.63, 3.8) is 0 Å². The number of carbonyl (C=O) groups excluding carboxylic acids is 1. The minimum Gasteiger partial charge on any atom is -0.312 e. The molecule has 0 atom stereocenters. The molecule has 0 spiro atoms. The maximum absolute atomic E-state index is 11.4. The summed E-state index contributed by atoms with van der Waals surface area (Å²) in [7, 11) is 2.05. The second-order valence-corrected chi connectivity index (χ2v) is 3.48. The van der Waals surface area contributed by atoms with Crippen molar-refractivity contribution < 1.29 is 4.79 Å². The van der Waals surface area contributed by atoms with Crippen molar-refractivity contribution in [3.8, 4) is 0 Å². The molecule has 0 bridgehead atoms. The van der Waals surface area contributed by atoms with Crippen LogP contribution >= 0.6 is 0 Å². The summed E-state index contributed by atoms with van der Waals surface area (Å²) in [5, 5.41) is 0. The Bertz CT molecular complexity index is 320. The topological polar surface area (TPSA) is 20.3 Å². The molecule has 0 unspecified atom stereocenters. The van der Waals surface area contributed by atoms with Crippen molar-refractivity contribution in [3.05, 3.63) is 24.3 Å². The maximum Gasteiger partial charge on any atom is 0.227 e. The van der Waals surface area contributed by atoms with Crippen molar-refractivity contribution in [1.82, 2.24) is 0 Å². The Hall–Kier alpha value is -1.25. The monoisotopic (exact) mass is 173 g/mol. The van der Waals surface area contributed by atoms with Crippen LogP contribution in [-0.2, 0) is 4.79 Å². The average Bonchev–Trinajstić information content (AvgIpc) is 2.53. The fourth-order valence-corrected chi connectivity index (χ4v) is 1.65. The normalized spacial score (nSPS) is 16.6. The lowest BCUT2D eigenvalue weighted by molar-refractivity contribution is -0.117. The minimum absolute atomic E-state index is 0.254. The average molecular weight is 173 g/mol. The molecule has 1 heterocycles. The zero-order valence-electron chi connectivity index (χ0n) is 7.79. The summed E-state index contributed by atoms with van der Waals surface area (Å²) in [6.45, 7) is 0.877. The third-order valence-electron chi connectivity index (χ3n) is 2.42. The van der Waals surface area contributed by atoms with Gasteiger partial charge in [-0.25, -0.2) is 0 Å². The Kier molecular flexibility index (Phi) is 2.09. The van der Waals surface area contributed by atoms with E-state index in [1.807, 2.05) is 29.2 Å². The molecule has 0 saturated carbocycles. The van der Waals surface area contributed by atoms with Gasteiger partial charge in [-0.15, -0.1) is 0 Å². The van der Waals surface area contributed by atoms with E-state index in [1.54, 1.807) is 0 Å². The second-order valence-electron chi connectivity index (χ2n) is 3.48. The molecule has 1 aromatic carbocycles. The van der Waals surface area contributed by atoms with E-state index in [0.29, 0.717) is 6.42 Å². The van der Waals surface area contributed by atoms with Gasteiger partial charge in [-0.1, -0.05) is 17.6 Å². The molecule has 2 nitrogen and oxygen atoms in total. The largest absolute Gasteiger partial charge is 0.312 e. The predicted octanol–water partition coefficient (Wildman–Crippen LogP) is 0.0718. The molecule has 1 saturated heterocycles. The molecular weight excluding hydrogens is 161 g/mol. The lowest BCUT2D eigenvalue weighted by atomic mass is 9.96. The highest BCUT2D eigenvalue weighted by Crippen LogP contribution is 2.19. The SMILES string of the molecule is Bc1ccc(N2CCCC2=O)cc1. The van der Waals surface area contributed by atoms with E-state index in [-0.39, 0.29) is 5.91 Å². The number of hydrogen-bond acceptors (Lipinski definition) is 1. The first-order valence-electron chi connectivity index (χ1n) is 4.64. The standard InChI is InChI=1S/C10H12BNO/c11-8-3-5-9(6-4-8)12-7-1-2-10(12)13/h3-6H,1-2,7,11H2. The van der Waals surface area contributed by atoms with E-state index in [1.165, 1.54) is 5.46 Å². The number of amides is 1. The Labute approximate surface area is 79.0 Å². The Morgan fingerprint density at radius 3 is 2.46 bits per heavy atom. The van der Waals surface area contributed by atoms with E-state index >= 15 is 0 Å². The fraction of sp³-hybridized carbons (Fsp3) is 0.300. The summed E-state index contributed by atoms with van der Waals surface area (Å²) in [4.78, 5) is 13.2. The lowest BCUT2D eigenvalue weighted by Crippen LogP contribution is -2.23. The van der Waals surface area contributed by atoms with E-state index in [4.69, 9.17) is 0 Å². The number of benzene rings is 1. The third-order valence-corrected chi connectivity index (χ3v) is 2.42. The third kappa shape index (κ3) is 1.59. The van der Waals surface area contributed by atoms with Gasteiger partial charge in [0.1, 0.15) is 7.85 Å². The molecule has 13 heavy (non-hydrogen) atoms. The molecule has 2 rings (SSSR count). The maximum atomic E-state index is 11.4. The highest BCUT2D eigenvalue weighted by atomic mass is 16.2. The molecule has 1 aliphatic rings. The van der Waals surface area contributed by atoms with Crippen molar-refractivity contribution in [2.75, 3.05) is 11.4 Å². The zero-order chi connectivity index (χ0) is 9.26. The van der Waals surface area contributed by atoms with Crippen molar-refractivity contribution in [1.29, 1.82) is 0 Å². The van der Waals surface area contributed by atoms with Crippen molar-refractivity contribution in [2.24, 2.45) is 0 Å². The molecule has 1 aromatic rings. The number of rotatable bonds is 1. The molecule has 3 heteroatoms. The summed E-state index contributed by atoms with van der Waals surface area (Å²) in [6.07, 6.45) is 1.70. The summed E-state index contributed by atoms with van der Waals surface area (Å²) in [5.74, 6) is 0.254. The minimum atomic E-state index is 0.254. The van der Waals surface area contributed by atoms with Crippen LogP contribution in [0.25, 0.3) is 0 Å². The molecular formula is C10H12BNO. The van der Waals surface area contributed by atoms with Crippen LogP contribution in [-0.4, -0.2) is 20.3 Å². The lowest BCUT2D eigenvalue weighted by Gasteiger charge is -2.15. The second kappa shape index (κ2) is 3.25. The molecule has 1 aliphatic heterocycles. The van der Waals surface area contributed by atoms with Crippen LogP contribution in [0, 0.1) is 0 Å². The molecule has 0 aliphatic carbocycles. The van der Waals surface area contributed by atoms with Gasteiger partial charge >= 0.3 is 0 Å². The highest BCUT2D eigenvalue weighted by Gasteiger charge is 2.20. The summed E-state index contributed by atoms with van der Waals surface area (Å²) in [6, 6.07) is 8.11. The van der Waals surface area contributed by atoms with Gasteiger partial charge in [0.25, 0.3) is 0 Å². The molecule has 0 aromatic heterocycles. The highest BCUT2D eigenvalue weighted by molar-refractivity contribution is 6.32. The molecule has 1 amide bonds. The van der Waals surface area contributed by atoms with Crippen LogP contribution in [0.15, 0.2) is 24.3 Å². The predicted molar refractivity (Wildman–Crippen MR) is 56.2 cm³/mol. The molecule has 1 fully saturated rings. The van der Waals surface area contributed by atoms with Gasteiger partial charge in [-0.3, -0.25) is 4.79 Å². The van der Waals surface area contributed by atoms with Gasteiger partial charge in [0.2, 0.25) is 5.91 Å². The van der Waals surface area contributed by atoms with Crippen LogP contribution in [0.3, 0.4) is 0 Å². The van der Waals surface area contributed by atoms with Crippen LogP contribution < -0.4 is 10.4 Å². The van der Waals surface area contributed by atoms with Gasteiger partial charge < -0.3 is 4.90 Å². The van der Waals surface area contributed by atoms with E-state index in [9.17, 15) is 4.79 Å². The summed E-state index contributed by atoms with van der Waals surface area (Å²) < 4.78 is 0. The quantitative estimate of drug-likeness (QED) is 0.550. The van der Waals surface area contributed by atoms with Gasteiger partial charge in [0.05, 0.1) is 0 Å². The van der Waals surface area contributed by atoms with Crippen LogP contribution in [0.2, 0.25) is 0 Å². The first-order chi connectivity index (χ1) is 6.27. The number of nitrogens with zero attached hydrogens (tertiary/aromatic N) is 1. The Morgan fingerprint density at radius 2 is 1.92 bits per heavy atom. The van der Waals surface area contributed by atoms with E-state index < -0.39 is 0 Å². The summed E-state index contributed by atoms with van der Waals surface area (Å²) in [5.41, 5.74) is 2.27. The van der Waals surface area contributed by atoms with Gasteiger partial charge in [-0.05, 0) is 18.6 Å². The number of anilines is 1. The smallest absolute Gasteiger partial charge is 0.227 e. The zero-order valence-corrected chi connectivity index (χ0v) is 7.79. The molecule has 66 valence electrons. The van der Waals surface area contributed by atoms with Crippen molar-refractivity contribution in [2.45, 2.75) is 12.8 Å². The first-order valence-corrected chi connectivity index (χ1v) is 4.64. The summed E-state index contributed by atoms with van der Waals surface area (Å²) >= 11 is 0. The Morgan fingerprint density at radius 1 is 1.23 bits per heavy atom. The Balaban J connectivity index is 2.25. The van der Waals surface area contributed by atoms with Gasteiger partial charge in [-0.2, -0.15) is 0 Å². The van der Waals surface area contributed by atoms with Crippen LogP contribution in [0.1, 0.15) is 12.8 Å². The van der Waals surface area contributed by atoms with Crippen LogP contribution in [0.5, 0.6) is 0 Å². The fourth-order valence-electron chi connectivity index (χ4n) is 1.65. The number of carbonyl (C=O) groups is 1.